The van der Waals surface area contributed by atoms with Crippen LogP contribution in [0.5, 0.6) is 0 Å². The summed E-state index contributed by atoms with van der Waals surface area (Å²) in [6, 6.07) is 0. The number of ketones is 1. The van der Waals surface area contributed by atoms with Gasteiger partial charge in [-0.15, -0.1) is 0 Å². The van der Waals surface area contributed by atoms with Gasteiger partial charge in [0.1, 0.15) is 5.60 Å². The number of carbonyl (C=O) groups excluding carboxylic acids is 3. The Balaban J connectivity index is 0.00000136. The molecule has 3 saturated carbocycles. The molecular formula is C24H33KO4S. The Bertz CT molecular complexity index is 830. The topological polar surface area (TPSA) is 60.4 Å². The summed E-state index contributed by atoms with van der Waals surface area (Å²) in [5.41, 5.74) is 1.09. The van der Waals surface area contributed by atoms with E-state index < -0.39 is 0 Å². The molecule has 0 aromatic heterocycles. The van der Waals surface area contributed by atoms with E-state index >= 15 is 0 Å². The number of fused-ring (bicyclic) bond motifs is 6. The van der Waals surface area contributed by atoms with Crippen LogP contribution in [0, 0.1) is 28.6 Å². The summed E-state index contributed by atoms with van der Waals surface area (Å²) in [5.74, 6) is 1.67. The molecule has 7 atom stereocenters. The molecule has 6 heteroatoms. The number of thioether (sulfide) groups is 1. The van der Waals surface area contributed by atoms with Crippen LogP contribution in [-0.2, 0) is 19.1 Å². The van der Waals surface area contributed by atoms with Gasteiger partial charge in [0, 0.05) is 30.4 Å². The van der Waals surface area contributed by atoms with Gasteiger partial charge < -0.3 is 6.16 Å². The molecule has 0 aromatic rings. The van der Waals surface area contributed by atoms with Crippen molar-refractivity contribution in [2.75, 3.05) is 0 Å². The zero-order valence-corrected chi connectivity index (χ0v) is 22.7. The van der Waals surface area contributed by atoms with Crippen LogP contribution in [0.2, 0.25) is 0 Å². The average Bonchev–Trinajstić information content (AvgIpc) is 3.17. The van der Waals surface area contributed by atoms with Crippen molar-refractivity contribution >= 4 is 28.6 Å². The predicted molar refractivity (Wildman–Crippen MR) is 113 cm³/mol. The maximum atomic E-state index is 12.2. The minimum Gasteiger partial charge on any atom is -1.00 e. The second-order valence-electron chi connectivity index (χ2n) is 10.7. The van der Waals surface area contributed by atoms with Crippen LogP contribution < -0.4 is 51.4 Å². The average molecular weight is 457 g/mol. The molecule has 0 aromatic carbocycles. The molecular weight excluding hydrogens is 423 g/mol. The van der Waals surface area contributed by atoms with Crippen molar-refractivity contribution in [1.82, 2.24) is 0 Å². The van der Waals surface area contributed by atoms with Crippen molar-refractivity contribution in [1.29, 1.82) is 0 Å². The number of hydrogen-bond donors (Lipinski definition) is 0. The van der Waals surface area contributed by atoms with E-state index in [2.05, 4.69) is 13.8 Å². The molecule has 1 heterocycles. The van der Waals surface area contributed by atoms with Gasteiger partial charge in [-0.3, -0.25) is 14.4 Å². The Morgan fingerprint density at radius 2 is 1.83 bits per heavy atom. The first kappa shape index (κ1) is 23.7. The standard InChI is InChI=1S/C24H32O4S.K.H/c1-14(25)29-19-13-15-12-16(26)4-8-22(15,2)17-5-9-23(3)18(21(17)19)6-10-24(23)11-7-20(27)28-24;;/h12,17-19,21H,4-11,13H2,1-3H3;;/q;+1;-1/t17-,18-,19+,21+,22-,23-,24+;;/m0../s1. The third-order valence-electron chi connectivity index (χ3n) is 9.61. The Kier molecular flexibility index (Phi) is 6.38. The SMILES string of the molecule is CC(=O)S[C@@H]1CC2=CC(=O)CC[C@]2(C)[C@H]2CC[C@@]3(C)[C@@H](CC[C@@]34CCC(=O)O4)[C@H]12.[H-].[K+]. The van der Waals surface area contributed by atoms with Crippen molar-refractivity contribution < 1.29 is 71.9 Å². The minimum absolute atomic E-state index is 0. The maximum absolute atomic E-state index is 12.2. The van der Waals surface area contributed by atoms with E-state index in [1.807, 2.05) is 6.08 Å². The van der Waals surface area contributed by atoms with Gasteiger partial charge >= 0.3 is 57.4 Å². The second kappa shape index (κ2) is 8.09. The summed E-state index contributed by atoms with van der Waals surface area (Å²) >= 11 is 1.50. The summed E-state index contributed by atoms with van der Waals surface area (Å²) in [6.45, 7) is 6.42. The predicted octanol–water partition coefficient (Wildman–Crippen LogP) is 1.97. The molecule has 4 aliphatic carbocycles. The van der Waals surface area contributed by atoms with Crippen LogP contribution in [-0.4, -0.2) is 27.7 Å². The third-order valence-corrected chi connectivity index (χ3v) is 10.7. The number of allylic oxidation sites excluding steroid dienone is 1. The quantitative estimate of drug-likeness (QED) is 0.446. The van der Waals surface area contributed by atoms with E-state index in [0.717, 1.165) is 44.9 Å². The number of ether oxygens (including phenoxy) is 1. The summed E-state index contributed by atoms with van der Waals surface area (Å²) in [5, 5.41) is 0.409. The zero-order chi connectivity index (χ0) is 20.6. The van der Waals surface area contributed by atoms with Gasteiger partial charge in [0.25, 0.3) is 0 Å². The van der Waals surface area contributed by atoms with Crippen molar-refractivity contribution in [2.45, 2.75) is 89.4 Å². The number of esters is 1. The van der Waals surface area contributed by atoms with E-state index in [1.165, 1.54) is 17.3 Å². The fourth-order valence-corrected chi connectivity index (χ4v) is 9.36. The summed E-state index contributed by atoms with van der Waals surface area (Å²) in [4.78, 5) is 36.4. The van der Waals surface area contributed by atoms with Crippen molar-refractivity contribution in [3.8, 4) is 0 Å². The van der Waals surface area contributed by atoms with E-state index in [9.17, 15) is 14.4 Å². The molecule has 4 nitrogen and oxygen atoms in total. The van der Waals surface area contributed by atoms with E-state index in [0.29, 0.717) is 30.6 Å². The van der Waals surface area contributed by atoms with Crippen molar-refractivity contribution in [3.05, 3.63) is 11.6 Å². The third kappa shape index (κ3) is 3.34. The molecule has 1 saturated heterocycles. The number of rotatable bonds is 1. The summed E-state index contributed by atoms with van der Waals surface area (Å²) in [7, 11) is 0. The summed E-state index contributed by atoms with van der Waals surface area (Å²) < 4.78 is 6.06. The van der Waals surface area contributed by atoms with E-state index in [1.54, 1.807) is 6.92 Å². The zero-order valence-electron chi connectivity index (χ0n) is 19.8. The second-order valence-corrected chi connectivity index (χ2v) is 12.1. The van der Waals surface area contributed by atoms with Crippen molar-refractivity contribution in [3.63, 3.8) is 0 Å². The minimum atomic E-state index is -0.287. The molecule has 0 unspecified atom stereocenters. The van der Waals surface area contributed by atoms with E-state index in [-0.39, 0.29) is 91.4 Å². The first-order chi connectivity index (χ1) is 13.7. The van der Waals surface area contributed by atoms with Gasteiger partial charge in [0.05, 0.1) is 0 Å². The molecule has 0 bridgehead atoms. The van der Waals surface area contributed by atoms with Crippen LogP contribution in [0.4, 0.5) is 0 Å². The fourth-order valence-electron chi connectivity index (χ4n) is 8.13. The molecule has 5 rings (SSSR count). The first-order valence-corrected chi connectivity index (χ1v) is 12.2. The monoisotopic (exact) mass is 456 g/mol. The van der Waals surface area contributed by atoms with Crippen LogP contribution in [0.3, 0.4) is 0 Å². The molecule has 160 valence electrons. The van der Waals surface area contributed by atoms with Gasteiger partial charge in [0.2, 0.25) is 0 Å². The van der Waals surface area contributed by atoms with E-state index in [4.69, 9.17) is 4.74 Å². The molecule has 0 radical (unpaired) electrons. The van der Waals surface area contributed by atoms with Gasteiger partial charge in [-0.1, -0.05) is 31.2 Å². The molecule has 5 aliphatic rings. The Morgan fingerprint density at radius 1 is 1.10 bits per heavy atom. The van der Waals surface area contributed by atoms with Gasteiger partial charge in [-0.25, -0.2) is 0 Å². The molecule has 4 fully saturated rings. The van der Waals surface area contributed by atoms with Crippen LogP contribution in [0.1, 0.15) is 80.0 Å². The molecule has 0 N–H and O–H groups in total. The molecule has 1 aliphatic heterocycles. The fraction of sp³-hybridized carbons (Fsp3) is 0.792. The Hall–Kier alpha value is 0.536. The van der Waals surface area contributed by atoms with Crippen LogP contribution in [0.15, 0.2) is 11.6 Å². The number of hydrogen-bond acceptors (Lipinski definition) is 5. The summed E-state index contributed by atoms with van der Waals surface area (Å²) in [6.07, 6.45) is 10.0. The Labute approximate surface area is 228 Å². The first-order valence-electron chi connectivity index (χ1n) is 11.3. The van der Waals surface area contributed by atoms with Gasteiger partial charge in [-0.2, -0.15) is 0 Å². The molecule has 1 spiro atoms. The van der Waals surface area contributed by atoms with Crippen molar-refractivity contribution in [2.24, 2.45) is 28.6 Å². The van der Waals surface area contributed by atoms with Crippen LogP contribution in [0.25, 0.3) is 0 Å². The maximum Gasteiger partial charge on any atom is 1.00 e. The normalized spacial score (nSPS) is 47.0. The molecule has 30 heavy (non-hydrogen) atoms. The molecule has 0 amide bonds. The Morgan fingerprint density at radius 3 is 2.50 bits per heavy atom. The van der Waals surface area contributed by atoms with Gasteiger partial charge in [-0.05, 0) is 74.2 Å². The smallest absolute Gasteiger partial charge is 1.00 e. The van der Waals surface area contributed by atoms with Gasteiger partial charge in [0.15, 0.2) is 10.9 Å². The number of carbonyl (C=O) groups is 3. The van der Waals surface area contributed by atoms with Crippen LogP contribution >= 0.6 is 11.8 Å². The largest absolute Gasteiger partial charge is 1.00 e.